The number of nitrogens with one attached hydrogen (secondary N) is 1. The molecule has 2 aromatic carbocycles. The largest absolute Gasteiger partial charge is 0.495 e. The van der Waals surface area contributed by atoms with Crippen molar-refractivity contribution in [1.29, 1.82) is 0 Å². The summed E-state index contributed by atoms with van der Waals surface area (Å²) in [6.07, 6.45) is 1.67. The number of sulfonamides is 1. The Hall–Kier alpha value is -3.84. The number of aromatic nitrogens is 1. The molecule has 11 nitrogen and oxygen atoms in total. The monoisotopic (exact) mass is 598 g/mol. The first-order valence-corrected chi connectivity index (χ1v) is 15.4. The molecular weight excluding hydrogens is 567 g/mol. The number of alkyl halides is 1. The molecule has 1 spiro atoms. The average Bonchev–Trinajstić information content (AvgIpc) is 3.66. The van der Waals surface area contributed by atoms with Crippen LogP contribution in [0.5, 0.6) is 11.5 Å². The molecule has 42 heavy (non-hydrogen) atoms. The number of anilines is 2. The number of carbonyl (C=O) groups is 1. The van der Waals surface area contributed by atoms with Gasteiger partial charge in [0.05, 0.1) is 40.5 Å². The number of rotatable bonds is 7. The molecule has 2 aliphatic heterocycles. The number of hydrogen-bond donors (Lipinski definition) is 1. The van der Waals surface area contributed by atoms with Gasteiger partial charge >= 0.3 is 0 Å². The summed E-state index contributed by atoms with van der Waals surface area (Å²) in [6.45, 7) is 2.42. The van der Waals surface area contributed by atoms with Crippen LogP contribution in [0, 0.1) is 0 Å². The van der Waals surface area contributed by atoms with E-state index in [-0.39, 0.29) is 39.1 Å². The minimum atomic E-state index is -4.30. The zero-order valence-corrected chi connectivity index (χ0v) is 24.1. The van der Waals surface area contributed by atoms with Crippen LogP contribution in [0.4, 0.5) is 15.9 Å². The van der Waals surface area contributed by atoms with Crippen molar-refractivity contribution in [1.82, 2.24) is 10.1 Å². The molecule has 1 saturated carbocycles. The molecule has 2 aliphatic carbocycles. The van der Waals surface area contributed by atoms with Gasteiger partial charge in [-0.15, -0.1) is 0 Å². The van der Waals surface area contributed by atoms with Crippen LogP contribution < -0.4 is 19.1 Å². The van der Waals surface area contributed by atoms with Crippen molar-refractivity contribution in [3.05, 3.63) is 47.0 Å². The predicted molar refractivity (Wildman–Crippen MR) is 151 cm³/mol. The number of benzene rings is 2. The number of hydrogen-bond acceptors (Lipinski definition) is 9. The fourth-order valence-corrected chi connectivity index (χ4v) is 7.54. The lowest BCUT2D eigenvalue weighted by molar-refractivity contribution is 0.0302. The Morgan fingerprint density at radius 1 is 1.10 bits per heavy atom. The fraction of sp³-hybridized carbons (Fsp3) is 0.448. The van der Waals surface area contributed by atoms with E-state index in [0.717, 1.165) is 29.7 Å². The normalized spacial score (nSPS) is 19.1. The number of nitrogens with zero attached hydrogens (tertiary/aromatic N) is 3. The Bertz CT molecular complexity index is 1650. The molecule has 0 unspecified atom stereocenters. The highest BCUT2D eigenvalue weighted by molar-refractivity contribution is 7.93. The first-order valence-electron chi connectivity index (χ1n) is 13.9. The summed E-state index contributed by atoms with van der Waals surface area (Å²) in [4.78, 5) is 16.5. The second-order valence-corrected chi connectivity index (χ2v) is 12.9. The van der Waals surface area contributed by atoms with E-state index in [1.54, 1.807) is 4.90 Å². The van der Waals surface area contributed by atoms with E-state index in [1.807, 2.05) is 17.0 Å². The van der Waals surface area contributed by atoms with Gasteiger partial charge in [0.1, 0.15) is 17.7 Å². The van der Waals surface area contributed by atoms with Crippen molar-refractivity contribution in [2.45, 2.75) is 35.7 Å². The van der Waals surface area contributed by atoms with Crippen LogP contribution in [0.1, 0.15) is 34.3 Å². The molecule has 1 amide bonds. The van der Waals surface area contributed by atoms with E-state index < -0.39 is 16.2 Å². The molecule has 3 aromatic rings. The van der Waals surface area contributed by atoms with Crippen LogP contribution in [-0.2, 0) is 26.6 Å². The first-order chi connectivity index (χ1) is 20.2. The van der Waals surface area contributed by atoms with Crippen LogP contribution >= 0.6 is 0 Å². The molecular formula is C29H31FN4O7S. The van der Waals surface area contributed by atoms with Gasteiger partial charge < -0.3 is 28.5 Å². The van der Waals surface area contributed by atoms with Crippen molar-refractivity contribution < 1.29 is 36.3 Å². The smallest absolute Gasteiger partial charge is 0.270 e. The van der Waals surface area contributed by atoms with Gasteiger partial charge in [0.15, 0.2) is 16.5 Å². The molecule has 1 aromatic heterocycles. The summed E-state index contributed by atoms with van der Waals surface area (Å²) in [5.41, 5.74) is 3.70. The molecule has 13 heteroatoms. The number of amides is 1. The zero-order valence-electron chi connectivity index (χ0n) is 23.3. The Labute approximate surface area is 242 Å². The molecule has 7 rings (SSSR count). The van der Waals surface area contributed by atoms with Crippen molar-refractivity contribution >= 4 is 27.4 Å². The SMILES string of the molecule is COc1cc(C(=O)N2CCOCC2)cc(OC)c1S(=O)(=O)Nc1noc2c1CC1(CC1)c1ccc(N3CC(F)C3)cc1-2. The summed E-state index contributed by atoms with van der Waals surface area (Å²) < 4.78 is 65.9. The summed E-state index contributed by atoms with van der Waals surface area (Å²) in [6, 6.07) is 8.89. The quantitative estimate of drug-likeness (QED) is 0.436. The van der Waals surface area contributed by atoms with Gasteiger partial charge in [0.25, 0.3) is 15.9 Å². The first kappa shape index (κ1) is 27.0. The van der Waals surface area contributed by atoms with E-state index in [4.69, 9.17) is 18.7 Å². The molecule has 2 saturated heterocycles. The van der Waals surface area contributed by atoms with Crippen molar-refractivity contribution in [3.8, 4) is 22.8 Å². The third-order valence-corrected chi connectivity index (χ3v) is 10.1. The molecule has 1 N–H and O–H groups in total. The number of methoxy groups -OCH3 is 2. The zero-order chi connectivity index (χ0) is 29.2. The van der Waals surface area contributed by atoms with E-state index in [1.165, 1.54) is 26.4 Å². The second-order valence-electron chi connectivity index (χ2n) is 11.2. The lowest BCUT2D eigenvalue weighted by Gasteiger charge is -2.37. The molecule has 222 valence electrons. The lowest BCUT2D eigenvalue weighted by Crippen LogP contribution is -2.48. The van der Waals surface area contributed by atoms with Gasteiger partial charge in [-0.2, -0.15) is 0 Å². The third-order valence-electron chi connectivity index (χ3n) is 8.68. The highest BCUT2D eigenvalue weighted by atomic mass is 32.2. The summed E-state index contributed by atoms with van der Waals surface area (Å²) in [5, 5.41) is 4.15. The molecule has 0 atom stereocenters. The van der Waals surface area contributed by atoms with Crippen molar-refractivity contribution in [3.63, 3.8) is 0 Å². The number of halogens is 1. The van der Waals surface area contributed by atoms with E-state index >= 15 is 0 Å². The standard InChI is InChI=1S/C29H31FN4O7S/c1-38-23-11-17(28(35)33-7-9-40-10-8-33)12-24(39-2)26(23)42(36,37)32-27-21-14-29(5-6-29)22-4-3-19(34-15-18(30)16-34)13-20(22)25(21)41-31-27/h3-4,11-13,18H,5-10,14-16H2,1-2H3,(H,31,32). The summed E-state index contributed by atoms with van der Waals surface area (Å²) in [5.74, 6) is 0.253. The number of morpholine rings is 1. The second kappa shape index (κ2) is 9.87. The van der Waals surface area contributed by atoms with Crippen LogP contribution in [0.15, 0.2) is 39.8 Å². The fourth-order valence-electron chi connectivity index (χ4n) is 6.21. The van der Waals surface area contributed by atoms with Crippen molar-refractivity contribution in [2.75, 3.05) is 63.2 Å². The highest BCUT2D eigenvalue weighted by Gasteiger charge is 2.51. The molecule has 3 fully saturated rings. The van der Waals surface area contributed by atoms with Crippen LogP contribution in [0.3, 0.4) is 0 Å². The summed E-state index contributed by atoms with van der Waals surface area (Å²) in [7, 11) is -1.63. The maximum absolute atomic E-state index is 13.9. The highest BCUT2D eigenvalue weighted by Crippen LogP contribution is 2.59. The minimum Gasteiger partial charge on any atom is -0.495 e. The van der Waals surface area contributed by atoms with Crippen LogP contribution in [-0.4, -0.2) is 84.2 Å². The number of fused-ring (bicyclic) bond motifs is 4. The molecule has 0 radical (unpaired) electrons. The van der Waals surface area contributed by atoms with Gasteiger partial charge in [-0.1, -0.05) is 11.2 Å². The predicted octanol–water partition coefficient (Wildman–Crippen LogP) is 3.38. The minimum absolute atomic E-state index is 0.0369. The Kier molecular flexibility index (Phi) is 6.35. The van der Waals surface area contributed by atoms with Crippen LogP contribution in [0.25, 0.3) is 11.3 Å². The maximum atomic E-state index is 13.9. The maximum Gasteiger partial charge on any atom is 0.270 e. The molecule has 0 bridgehead atoms. The Balaban J connectivity index is 1.23. The van der Waals surface area contributed by atoms with Gasteiger partial charge in [-0.25, -0.2) is 12.8 Å². The van der Waals surface area contributed by atoms with E-state index in [9.17, 15) is 17.6 Å². The Morgan fingerprint density at radius 3 is 2.40 bits per heavy atom. The third kappa shape index (κ3) is 4.37. The van der Waals surface area contributed by atoms with Crippen LogP contribution in [0.2, 0.25) is 0 Å². The van der Waals surface area contributed by atoms with Gasteiger partial charge in [0.2, 0.25) is 0 Å². The van der Waals surface area contributed by atoms with Gasteiger partial charge in [-0.05, 0) is 49.1 Å². The summed E-state index contributed by atoms with van der Waals surface area (Å²) >= 11 is 0. The Morgan fingerprint density at radius 2 is 1.79 bits per heavy atom. The molecule has 4 aliphatic rings. The number of carbonyl (C=O) groups excluding carboxylic acids is 1. The lowest BCUT2D eigenvalue weighted by atomic mass is 9.79. The average molecular weight is 599 g/mol. The van der Waals surface area contributed by atoms with E-state index in [2.05, 4.69) is 15.9 Å². The molecule has 3 heterocycles. The van der Waals surface area contributed by atoms with Crippen molar-refractivity contribution in [2.24, 2.45) is 0 Å². The van der Waals surface area contributed by atoms with Gasteiger partial charge in [-0.3, -0.25) is 9.52 Å². The van der Waals surface area contributed by atoms with E-state index in [0.29, 0.717) is 57.1 Å². The number of ether oxygens (including phenoxy) is 3. The van der Waals surface area contributed by atoms with Gasteiger partial charge in [0, 0.05) is 40.9 Å². The topological polar surface area (TPSA) is 123 Å².